The van der Waals surface area contributed by atoms with Gasteiger partial charge in [-0.2, -0.15) is 5.10 Å². The summed E-state index contributed by atoms with van der Waals surface area (Å²) >= 11 is 0. The molecule has 2 heterocycles. The summed E-state index contributed by atoms with van der Waals surface area (Å²) in [5.41, 5.74) is 4.93. The van der Waals surface area contributed by atoms with Gasteiger partial charge in [0, 0.05) is 11.3 Å². The Hall–Kier alpha value is -4.78. The number of anilines is 1. The fourth-order valence-electron chi connectivity index (χ4n) is 4.01. The number of hydrogen-bond donors (Lipinski definition) is 1. The number of aryl methyl sites for hydroxylation is 1. The maximum atomic E-state index is 13.6. The Labute approximate surface area is 202 Å². The minimum atomic E-state index is -0.473. The number of hydrogen-bond acceptors (Lipinski definition) is 5. The van der Waals surface area contributed by atoms with E-state index in [4.69, 9.17) is 14.8 Å². The number of nitrogens with one attached hydrogen (secondary N) is 1. The van der Waals surface area contributed by atoms with E-state index in [0.29, 0.717) is 39.2 Å². The Kier molecular flexibility index (Phi) is 5.81. The van der Waals surface area contributed by atoms with Gasteiger partial charge in [-0.1, -0.05) is 54.6 Å². The minimum absolute atomic E-state index is 0.327. The van der Waals surface area contributed by atoms with Crippen molar-refractivity contribution in [3.63, 3.8) is 0 Å². The van der Waals surface area contributed by atoms with Crippen LogP contribution in [0.5, 0.6) is 0 Å². The highest BCUT2D eigenvalue weighted by Crippen LogP contribution is 2.29. The minimum Gasteiger partial charge on any atom is -0.465 e. The van der Waals surface area contributed by atoms with E-state index in [2.05, 4.69) is 5.32 Å². The SMILES string of the molecule is COC(=O)c1cccc(NC(=O)c2cc(-c3ccccc3)nc3c2c(C)nn3-c2ccccc2)c1. The largest absolute Gasteiger partial charge is 0.465 e. The second-order valence-electron chi connectivity index (χ2n) is 7.98. The zero-order valence-electron chi connectivity index (χ0n) is 19.2. The first kappa shape index (κ1) is 22.0. The molecule has 0 unspecified atom stereocenters. The highest BCUT2D eigenvalue weighted by Gasteiger charge is 2.21. The molecule has 0 radical (unpaired) electrons. The molecule has 0 fully saturated rings. The zero-order chi connectivity index (χ0) is 24.4. The van der Waals surface area contributed by atoms with Gasteiger partial charge in [0.2, 0.25) is 0 Å². The number of nitrogens with zero attached hydrogens (tertiary/aromatic N) is 3. The van der Waals surface area contributed by atoms with E-state index < -0.39 is 5.97 Å². The molecule has 3 aromatic carbocycles. The molecular formula is C28H22N4O3. The van der Waals surface area contributed by atoms with Crippen molar-refractivity contribution in [3.05, 3.63) is 108 Å². The molecule has 0 spiro atoms. The second-order valence-corrected chi connectivity index (χ2v) is 7.98. The van der Waals surface area contributed by atoms with Gasteiger partial charge in [-0.15, -0.1) is 0 Å². The van der Waals surface area contributed by atoms with E-state index in [1.807, 2.05) is 67.6 Å². The number of esters is 1. The van der Waals surface area contributed by atoms with Crippen LogP contribution in [-0.2, 0) is 4.74 Å². The topological polar surface area (TPSA) is 86.1 Å². The Morgan fingerprint density at radius 3 is 2.31 bits per heavy atom. The standard InChI is InChI=1S/C28H22N4O3/c1-18-25-23(27(33)29-21-13-9-12-20(16-21)28(34)35-2)17-24(19-10-5-3-6-11-19)30-26(25)32(31-18)22-14-7-4-8-15-22/h3-17H,1-2H3,(H,29,33). The van der Waals surface area contributed by atoms with Crippen LogP contribution in [-0.4, -0.2) is 33.8 Å². The molecule has 35 heavy (non-hydrogen) atoms. The lowest BCUT2D eigenvalue weighted by Gasteiger charge is -2.11. The first-order valence-electron chi connectivity index (χ1n) is 11.1. The summed E-state index contributed by atoms with van der Waals surface area (Å²) in [6, 6.07) is 27.8. The molecule has 5 rings (SSSR count). The predicted octanol–water partition coefficient (Wildman–Crippen LogP) is 5.43. The number of methoxy groups -OCH3 is 1. The quantitative estimate of drug-likeness (QED) is 0.352. The van der Waals surface area contributed by atoms with E-state index in [1.165, 1.54) is 7.11 Å². The van der Waals surface area contributed by atoms with Crippen LogP contribution in [0.1, 0.15) is 26.4 Å². The fraction of sp³-hybridized carbons (Fsp3) is 0.0714. The maximum absolute atomic E-state index is 13.6. The molecule has 0 aliphatic heterocycles. The number of aromatic nitrogens is 3. The van der Waals surface area contributed by atoms with Gasteiger partial charge in [-0.3, -0.25) is 4.79 Å². The lowest BCUT2D eigenvalue weighted by molar-refractivity contribution is 0.0600. The number of rotatable bonds is 5. The van der Waals surface area contributed by atoms with Gasteiger partial charge in [0.25, 0.3) is 5.91 Å². The Morgan fingerprint density at radius 2 is 1.60 bits per heavy atom. The number of carbonyl (C=O) groups is 2. The third-order valence-electron chi connectivity index (χ3n) is 5.67. The lowest BCUT2D eigenvalue weighted by atomic mass is 10.0. The van der Waals surface area contributed by atoms with Gasteiger partial charge in [0.05, 0.1) is 40.7 Å². The van der Waals surface area contributed by atoms with Crippen LogP contribution >= 0.6 is 0 Å². The molecular weight excluding hydrogens is 440 g/mol. The number of para-hydroxylation sites is 1. The lowest BCUT2D eigenvalue weighted by Crippen LogP contribution is -2.14. The molecule has 172 valence electrons. The molecule has 7 heteroatoms. The van der Waals surface area contributed by atoms with E-state index in [-0.39, 0.29) is 5.91 Å². The Balaban J connectivity index is 1.66. The Morgan fingerprint density at radius 1 is 0.886 bits per heavy atom. The molecule has 0 bridgehead atoms. The molecule has 0 aliphatic rings. The van der Waals surface area contributed by atoms with Crippen molar-refractivity contribution >= 4 is 28.6 Å². The van der Waals surface area contributed by atoms with Crippen LogP contribution in [0.15, 0.2) is 91.0 Å². The molecule has 7 nitrogen and oxygen atoms in total. The van der Waals surface area contributed by atoms with Crippen LogP contribution in [0.2, 0.25) is 0 Å². The number of pyridine rings is 1. The number of ether oxygens (including phenoxy) is 1. The first-order chi connectivity index (χ1) is 17.0. The summed E-state index contributed by atoms with van der Waals surface area (Å²) < 4.78 is 6.55. The number of carbonyl (C=O) groups excluding carboxylic acids is 2. The van der Waals surface area contributed by atoms with Crippen molar-refractivity contribution < 1.29 is 14.3 Å². The van der Waals surface area contributed by atoms with Crippen LogP contribution in [0.25, 0.3) is 28.0 Å². The smallest absolute Gasteiger partial charge is 0.337 e. The van der Waals surface area contributed by atoms with Crippen LogP contribution in [0.4, 0.5) is 5.69 Å². The summed E-state index contributed by atoms with van der Waals surface area (Å²) in [6.45, 7) is 1.86. The number of benzene rings is 3. The normalized spacial score (nSPS) is 10.8. The van der Waals surface area contributed by atoms with Gasteiger partial charge < -0.3 is 10.1 Å². The van der Waals surface area contributed by atoms with E-state index >= 15 is 0 Å². The maximum Gasteiger partial charge on any atom is 0.337 e. The monoisotopic (exact) mass is 462 g/mol. The molecule has 0 aliphatic carbocycles. The summed E-state index contributed by atoms with van der Waals surface area (Å²) in [6.07, 6.45) is 0. The van der Waals surface area contributed by atoms with Crippen LogP contribution in [0.3, 0.4) is 0 Å². The van der Waals surface area contributed by atoms with Gasteiger partial charge in [0.15, 0.2) is 5.65 Å². The average molecular weight is 463 g/mol. The van der Waals surface area contributed by atoms with E-state index in [9.17, 15) is 9.59 Å². The van der Waals surface area contributed by atoms with Crippen molar-refractivity contribution in [3.8, 4) is 16.9 Å². The van der Waals surface area contributed by atoms with Crippen molar-refractivity contribution in [1.29, 1.82) is 0 Å². The van der Waals surface area contributed by atoms with E-state index in [1.54, 1.807) is 35.0 Å². The molecule has 0 saturated carbocycles. The molecule has 5 aromatic rings. The highest BCUT2D eigenvalue weighted by atomic mass is 16.5. The summed E-state index contributed by atoms with van der Waals surface area (Å²) in [4.78, 5) is 30.4. The van der Waals surface area contributed by atoms with Gasteiger partial charge in [0.1, 0.15) is 0 Å². The molecule has 0 atom stereocenters. The third kappa shape index (κ3) is 4.27. The van der Waals surface area contributed by atoms with Crippen molar-refractivity contribution in [2.45, 2.75) is 6.92 Å². The third-order valence-corrected chi connectivity index (χ3v) is 5.67. The summed E-state index contributed by atoms with van der Waals surface area (Å²) in [7, 11) is 1.32. The first-order valence-corrected chi connectivity index (χ1v) is 11.1. The number of amides is 1. The van der Waals surface area contributed by atoms with E-state index in [0.717, 1.165) is 11.3 Å². The fourth-order valence-corrected chi connectivity index (χ4v) is 4.01. The summed E-state index contributed by atoms with van der Waals surface area (Å²) in [5.74, 6) is -0.800. The predicted molar refractivity (Wildman–Crippen MR) is 135 cm³/mol. The van der Waals surface area contributed by atoms with Crippen molar-refractivity contribution in [2.24, 2.45) is 0 Å². The van der Waals surface area contributed by atoms with Crippen molar-refractivity contribution in [2.75, 3.05) is 12.4 Å². The molecule has 1 N–H and O–H groups in total. The van der Waals surface area contributed by atoms with Gasteiger partial charge >= 0.3 is 5.97 Å². The molecule has 0 saturated heterocycles. The van der Waals surface area contributed by atoms with Gasteiger partial charge in [-0.05, 0) is 43.3 Å². The molecule has 1 amide bonds. The van der Waals surface area contributed by atoms with Crippen LogP contribution in [0, 0.1) is 6.92 Å². The van der Waals surface area contributed by atoms with Crippen molar-refractivity contribution in [1.82, 2.24) is 14.8 Å². The molecule has 2 aromatic heterocycles. The van der Waals surface area contributed by atoms with Crippen LogP contribution < -0.4 is 5.32 Å². The average Bonchev–Trinajstić information content (AvgIpc) is 3.25. The van der Waals surface area contributed by atoms with Gasteiger partial charge in [-0.25, -0.2) is 14.5 Å². The second kappa shape index (κ2) is 9.23. The Bertz CT molecular complexity index is 1540. The highest BCUT2D eigenvalue weighted by molar-refractivity contribution is 6.13. The summed E-state index contributed by atoms with van der Waals surface area (Å²) in [5, 5.41) is 8.28. The number of fused-ring (bicyclic) bond motifs is 1. The zero-order valence-corrected chi connectivity index (χ0v) is 19.2.